The van der Waals surface area contributed by atoms with E-state index in [0.29, 0.717) is 5.56 Å². The average molecular weight is 261 g/mol. The van der Waals surface area contributed by atoms with Gasteiger partial charge < -0.3 is 0 Å². The van der Waals surface area contributed by atoms with Crippen molar-refractivity contribution in [2.24, 2.45) is 0 Å². The molecule has 0 aliphatic carbocycles. The molecule has 0 saturated carbocycles. The van der Waals surface area contributed by atoms with E-state index < -0.39 is 19.1 Å². The molecule has 0 radical (unpaired) electrons. The fourth-order valence-electron chi connectivity index (χ4n) is 1.03. The van der Waals surface area contributed by atoms with Crippen molar-refractivity contribution in [2.45, 2.75) is 6.92 Å². The molecule has 7 heteroatoms. The molecule has 76 valence electrons. The summed E-state index contributed by atoms with van der Waals surface area (Å²) in [5.41, 5.74) is 0.0541. The van der Waals surface area contributed by atoms with Crippen molar-refractivity contribution < 1.29 is 16.9 Å². The van der Waals surface area contributed by atoms with Crippen LogP contribution < -0.4 is 4.35 Å². The summed E-state index contributed by atoms with van der Waals surface area (Å²) in [6.45, 7) is 1.50. The van der Waals surface area contributed by atoms with Crippen LogP contribution in [0.3, 0.4) is 0 Å². The van der Waals surface area contributed by atoms with Gasteiger partial charge in [-0.1, -0.05) is 0 Å². The first-order valence-electron chi connectivity index (χ1n) is 3.63. The van der Waals surface area contributed by atoms with Crippen molar-refractivity contribution in [1.82, 2.24) is 0 Å². The number of rotatable bonds is 2. The van der Waals surface area contributed by atoms with Crippen molar-refractivity contribution in [3.8, 4) is 0 Å². The second kappa shape index (κ2) is 3.57. The number of aryl methyl sites for hydroxylation is 1. The fraction of sp³-hybridized carbons (Fsp3) is 0.143. The van der Waals surface area contributed by atoms with Crippen LogP contribution in [0.25, 0.3) is 0 Å². The molecule has 0 bridgehead atoms. The monoisotopic (exact) mass is 261 g/mol. The Hall–Kier alpha value is -1.10. The van der Waals surface area contributed by atoms with Gasteiger partial charge in [-0.2, -0.15) is 0 Å². The zero-order chi connectivity index (χ0) is 10.9. The minimum absolute atomic E-state index is 0.239. The van der Waals surface area contributed by atoms with E-state index in [2.05, 4.69) is 0 Å². The number of benzene rings is 1. The second-order valence-corrected chi connectivity index (χ2v) is 6.07. The Bertz CT molecular complexity index is 424. The normalized spacial score (nSPS) is 11.4. The summed E-state index contributed by atoms with van der Waals surface area (Å²) in [7, 11) is 0. The molecule has 0 fully saturated rings. The number of hydrogen-bond donors (Lipinski definition) is 2. The van der Waals surface area contributed by atoms with Gasteiger partial charge in [-0.15, -0.1) is 0 Å². The minimum atomic E-state index is -5.05. The third kappa shape index (κ3) is 2.23. The van der Waals surface area contributed by atoms with Gasteiger partial charge in [0.25, 0.3) is 0 Å². The number of non-ortho nitro benzene ring substituents is 1. The zero-order valence-electron chi connectivity index (χ0n) is 7.25. The molecule has 0 aliphatic heterocycles. The summed E-state index contributed by atoms with van der Waals surface area (Å²) >= 11 is -5.05. The molecular formula is C7H8AsNO5. The Labute approximate surface area is 82.3 Å². The van der Waals surface area contributed by atoms with Crippen LogP contribution in [0, 0.1) is 17.0 Å². The van der Waals surface area contributed by atoms with Crippen LogP contribution in [0.5, 0.6) is 0 Å². The molecule has 0 atom stereocenters. The van der Waals surface area contributed by atoms with Crippen molar-refractivity contribution in [1.29, 1.82) is 0 Å². The molecule has 6 nitrogen and oxygen atoms in total. The Morgan fingerprint density at radius 2 is 2.00 bits per heavy atom. The predicted octanol–water partition coefficient (Wildman–Crippen LogP) is -0.536. The molecular weight excluding hydrogens is 253 g/mol. The van der Waals surface area contributed by atoms with Crippen LogP contribution in [0.15, 0.2) is 18.2 Å². The molecule has 2 N–H and O–H groups in total. The molecule has 0 spiro atoms. The van der Waals surface area contributed by atoms with Gasteiger partial charge in [-0.3, -0.25) is 0 Å². The molecule has 0 aromatic heterocycles. The van der Waals surface area contributed by atoms with Crippen LogP contribution >= 0.6 is 0 Å². The number of nitro groups is 1. The summed E-state index contributed by atoms with van der Waals surface area (Å²) in [5.74, 6) is 0. The Morgan fingerprint density at radius 3 is 2.43 bits per heavy atom. The third-order valence-corrected chi connectivity index (χ3v) is 4.05. The molecule has 0 amide bonds. The summed E-state index contributed by atoms with van der Waals surface area (Å²) in [6, 6.07) is 3.47. The van der Waals surface area contributed by atoms with Crippen LogP contribution in [0.2, 0.25) is 0 Å². The van der Waals surface area contributed by atoms with E-state index in [4.69, 9.17) is 8.19 Å². The van der Waals surface area contributed by atoms with Gasteiger partial charge in [0.2, 0.25) is 0 Å². The van der Waals surface area contributed by atoms with Crippen LogP contribution in [-0.2, 0) is 3.74 Å². The predicted molar refractivity (Wildman–Crippen MR) is 48.3 cm³/mol. The summed E-state index contributed by atoms with van der Waals surface area (Å²) < 4.78 is 28.6. The average Bonchev–Trinajstić information content (AvgIpc) is 2.02. The quantitative estimate of drug-likeness (QED) is 0.423. The SMILES string of the molecule is Cc1ccc([N+](=O)[O-])cc1[As](=O)(O)O. The van der Waals surface area contributed by atoms with E-state index in [-0.39, 0.29) is 10.0 Å². The van der Waals surface area contributed by atoms with E-state index in [1.54, 1.807) is 0 Å². The molecule has 14 heavy (non-hydrogen) atoms. The van der Waals surface area contributed by atoms with E-state index in [0.717, 1.165) is 6.07 Å². The standard InChI is InChI=1S/C7H8AsNO5/c1-5-2-3-6(9(13)14)4-7(5)8(10,11)12/h2-4H,1H3,(H2,10,11,12). The van der Waals surface area contributed by atoms with Gasteiger partial charge in [0, 0.05) is 0 Å². The first-order chi connectivity index (χ1) is 6.32. The van der Waals surface area contributed by atoms with Gasteiger partial charge in [0.1, 0.15) is 0 Å². The maximum atomic E-state index is 11.0. The third-order valence-electron chi connectivity index (χ3n) is 1.72. The zero-order valence-corrected chi connectivity index (χ0v) is 9.12. The van der Waals surface area contributed by atoms with Gasteiger partial charge in [-0.25, -0.2) is 0 Å². The topological polar surface area (TPSA) is 101 Å². The van der Waals surface area contributed by atoms with Gasteiger partial charge in [0.15, 0.2) is 0 Å². The van der Waals surface area contributed by atoms with Gasteiger partial charge >= 0.3 is 81.9 Å². The van der Waals surface area contributed by atoms with E-state index in [9.17, 15) is 13.9 Å². The maximum absolute atomic E-state index is 11.0. The van der Waals surface area contributed by atoms with Crippen molar-refractivity contribution in [3.05, 3.63) is 33.9 Å². The van der Waals surface area contributed by atoms with E-state index in [1.165, 1.54) is 19.1 Å². The van der Waals surface area contributed by atoms with Crippen LogP contribution in [0.4, 0.5) is 5.69 Å². The second-order valence-electron chi connectivity index (χ2n) is 2.77. The molecule has 0 aliphatic rings. The van der Waals surface area contributed by atoms with Crippen molar-refractivity contribution >= 4 is 24.2 Å². The van der Waals surface area contributed by atoms with E-state index >= 15 is 0 Å². The van der Waals surface area contributed by atoms with E-state index in [1.807, 2.05) is 0 Å². The van der Waals surface area contributed by atoms with Gasteiger partial charge in [-0.05, 0) is 0 Å². The Balaban J connectivity index is 3.36. The molecule has 0 heterocycles. The first-order valence-corrected chi connectivity index (χ1v) is 7.02. The fourth-order valence-corrected chi connectivity index (χ4v) is 2.78. The first kappa shape index (κ1) is 11.0. The van der Waals surface area contributed by atoms with Gasteiger partial charge in [0.05, 0.1) is 0 Å². The van der Waals surface area contributed by atoms with Crippen molar-refractivity contribution in [3.63, 3.8) is 0 Å². The Morgan fingerprint density at radius 1 is 1.43 bits per heavy atom. The Kier molecular flexibility index (Phi) is 2.80. The van der Waals surface area contributed by atoms with Crippen molar-refractivity contribution in [2.75, 3.05) is 0 Å². The number of nitrogens with zero attached hydrogens (tertiary/aromatic N) is 1. The molecule has 1 rings (SSSR count). The molecule has 0 unspecified atom stereocenters. The van der Waals surface area contributed by atoms with Crippen LogP contribution in [-0.4, -0.2) is 27.3 Å². The summed E-state index contributed by atoms with van der Waals surface area (Å²) in [4.78, 5) is 9.66. The van der Waals surface area contributed by atoms with Crippen LogP contribution in [0.1, 0.15) is 5.56 Å². The molecule has 0 saturated heterocycles. The molecule has 1 aromatic carbocycles. The summed E-state index contributed by atoms with van der Waals surface area (Å²) in [5, 5.41) is 10.4. The number of hydrogen-bond acceptors (Lipinski definition) is 3. The summed E-state index contributed by atoms with van der Waals surface area (Å²) in [6.07, 6.45) is 0. The number of nitro benzene ring substituents is 1. The molecule has 1 aromatic rings.